The Labute approximate surface area is 101 Å². The molecule has 0 aliphatic carbocycles. The van der Waals surface area contributed by atoms with Crippen LogP contribution in [0.5, 0.6) is 0 Å². The third kappa shape index (κ3) is 3.03. The van der Waals surface area contributed by atoms with Crippen molar-refractivity contribution in [2.75, 3.05) is 5.73 Å². The highest BCUT2D eigenvalue weighted by atomic mass is 19.1. The Morgan fingerprint density at radius 2 is 1.88 bits per heavy atom. The minimum atomic E-state index is -0.389. The van der Waals surface area contributed by atoms with Crippen molar-refractivity contribution >= 4 is 5.69 Å². The highest BCUT2D eigenvalue weighted by Gasteiger charge is 2.04. The van der Waals surface area contributed by atoms with Crippen LogP contribution >= 0.6 is 0 Å². The van der Waals surface area contributed by atoms with E-state index in [1.165, 1.54) is 6.07 Å². The molecular formula is C14H17FN2. The number of nitrogens with two attached hydrogens (primary N) is 1. The van der Waals surface area contributed by atoms with Crippen molar-refractivity contribution < 1.29 is 4.39 Å². The Morgan fingerprint density at radius 1 is 1.18 bits per heavy atom. The third-order valence-corrected chi connectivity index (χ3v) is 2.31. The van der Waals surface area contributed by atoms with Gasteiger partial charge in [-0.25, -0.2) is 4.39 Å². The van der Waals surface area contributed by atoms with Crippen LogP contribution in [0.15, 0.2) is 36.5 Å². The molecular weight excluding hydrogens is 215 g/mol. The number of anilines is 1. The van der Waals surface area contributed by atoms with Crippen LogP contribution in [-0.2, 0) is 0 Å². The zero-order chi connectivity index (χ0) is 12.8. The zero-order valence-electron chi connectivity index (χ0n) is 10.4. The number of aromatic nitrogens is 1. The molecule has 1 aromatic carbocycles. The second-order valence-electron chi connectivity index (χ2n) is 3.37. The van der Waals surface area contributed by atoms with E-state index < -0.39 is 0 Å². The maximum absolute atomic E-state index is 13.0. The Kier molecular flexibility index (Phi) is 4.64. The zero-order valence-corrected chi connectivity index (χ0v) is 10.4. The average molecular weight is 232 g/mol. The number of nitrogens with zero attached hydrogens (tertiary/aromatic N) is 1. The van der Waals surface area contributed by atoms with Crippen LogP contribution in [0.3, 0.4) is 0 Å². The van der Waals surface area contributed by atoms with E-state index in [1.54, 1.807) is 18.3 Å². The van der Waals surface area contributed by atoms with Crippen molar-refractivity contribution in [3.05, 3.63) is 48.0 Å². The minimum Gasteiger partial charge on any atom is -0.396 e. The number of halogens is 1. The predicted octanol–water partition coefficient (Wildman–Crippen LogP) is 3.80. The van der Waals surface area contributed by atoms with Gasteiger partial charge in [-0.3, -0.25) is 4.98 Å². The van der Waals surface area contributed by atoms with Crippen LogP contribution in [0.2, 0.25) is 0 Å². The Balaban J connectivity index is 0.000000686. The molecule has 90 valence electrons. The number of benzene rings is 1. The summed E-state index contributed by atoms with van der Waals surface area (Å²) in [6, 6.07) is 8.49. The van der Waals surface area contributed by atoms with Crippen molar-refractivity contribution in [2.24, 2.45) is 0 Å². The van der Waals surface area contributed by atoms with Crippen molar-refractivity contribution in [1.29, 1.82) is 0 Å². The lowest BCUT2D eigenvalue weighted by Crippen LogP contribution is -1.92. The average Bonchev–Trinajstić information content (AvgIpc) is 2.36. The molecule has 0 amide bonds. The molecule has 0 radical (unpaired) electrons. The fourth-order valence-electron chi connectivity index (χ4n) is 1.50. The van der Waals surface area contributed by atoms with E-state index in [4.69, 9.17) is 5.73 Å². The highest BCUT2D eigenvalue weighted by molar-refractivity contribution is 5.69. The molecule has 0 aliphatic heterocycles. The van der Waals surface area contributed by atoms with Crippen LogP contribution in [0.1, 0.15) is 19.5 Å². The molecule has 0 fully saturated rings. The number of pyridine rings is 1. The molecule has 0 saturated heterocycles. The van der Waals surface area contributed by atoms with E-state index in [1.807, 2.05) is 32.9 Å². The molecule has 1 aromatic heterocycles. The summed E-state index contributed by atoms with van der Waals surface area (Å²) in [4.78, 5) is 4.17. The smallest absolute Gasteiger partial charge is 0.146 e. The highest BCUT2D eigenvalue weighted by Crippen LogP contribution is 2.24. The van der Waals surface area contributed by atoms with Crippen molar-refractivity contribution in [2.45, 2.75) is 20.8 Å². The molecule has 1 heterocycles. The SMILES string of the molecule is CC.Cc1ncccc1-c1ccc(F)c(N)c1. The van der Waals surface area contributed by atoms with Gasteiger partial charge < -0.3 is 5.73 Å². The summed E-state index contributed by atoms with van der Waals surface area (Å²) in [5.41, 5.74) is 8.45. The van der Waals surface area contributed by atoms with Crippen LogP contribution in [0.4, 0.5) is 10.1 Å². The molecule has 0 aliphatic rings. The molecule has 0 atom stereocenters. The van der Waals surface area contributed by atoms with Gasteiger partial charge in [0.05, 0.1) is 5.69 Å². The topological polar surface area (TPSA) is 38.9 Å². The van der Waals surface area contributed by atoms with Crippen molar-refractivity contribution in [1.82, 2.24) is 4.98 Å². The summed E-state index contributed by atoms with van der Waals surface area (Å²) in [7, 11) is 0. The maximum atomic E-state index is 13.0. The first-order chi connectivity index (χ1) is 8.18. The molecule has 0 unspecified atom stereocenters. The number of rotatable bonds is 1. The minimum absolute atomic E-state index is 0.163. The van der Waals surface area contributed by atoms with Crippen molar-refractivity contribution in [3.63, 3.8) is 0 Å². The van der Waals surface area contributed by atoms with Gasteiger partial charge in [0.1, 0.15) is 5.82 Å². The number of hydrogen-bond acceptors (Lipinski definition) is 2. The van der Waals surface area contributed by atoms with Gasteiger partial charge >= 0.3 is 0 Å². The molecule has 0 bridgehead atoms. The third-order valence-electron chi connectivity index (χ3n) is 2.31. The molecule has 17 heavy (non-hydrogen) atoms. The van der Waals surface area contributed by atoms with Gasteiger partial charge in [0, 0.05) is 17.5 Å². The summed E-state index contributed by atoms with van der Waals surface area (Å²) in [6.45, 7) is 5.91. The number of nitrogen functional groups attached to an aromatic ring is 1. The largest absolute Gasteiger partial charge is 0.396 e. The summed E-state index contributed by atoms with van der Waals surface area (Å²) in [5, 5.41) is 0. The summed E-state index contributed by atoms with van der Waals surface area (Å²) in [5.74, 6) is -0.389. The van der Waals surface area contributed by atoms with Crippen molar-refractivity contribution in [3.8, 4) is 11.1 Å². The standard InChI is InChI=1S/C12H11FN2.C2H6/c1-8-10(3-2-6-15-8)9-4-5-11(13)12(14)7-9;1-2/h2-7H,14H2,1H3;1-2H3. The number of aryl methyl sites for hydroxylation is 1. The molecule has 2 aromatic rings. The predicted molar refractivity (Wildman–Crippen MR) is 70.1 cm³/mol. The van der Waals surface area contributed by atoms with E-state index in [0.29, 0.717) is 0 Å². The first-order valence-corrected chi connectivity index (χ1v) is 5.65. The van der Waals surface area contributed by atoms with E-state index in [9.17, 15) is 4.39 Å². The summed E-state index contributed by atoms with van der Waals surface area (Å²) < 4.78 is 13.0. The molecule has 0 saturated carbocycles. The van der Waals surface area contributed by atoms with Crippen LogP contribution in [-0.4, -0.2) is 4.98 Å². The van der Waals surface area contributed by atoms with Gasteiger partial charge in [0.25, 0.3) is 0 Å². The van der Waals surface area contributed by atoms with Gasteiger partial charge in [-0.2, -0.15) is 0 Å². The van der Waals surface area contributed by atoms with Crippen LogP contribution in [0.25, 0.3) is 11.1 Å². The van der Waals surface area contributed by atoms with Gasteiger partial charge in [-0.1, -0.05) is 26.0 Å². The number of hydrogen-bond donors (Lipinski definition) is 1. The molecule has 2 rings (SSSR count). The Morgan fingerprint density at radius 3 is 2.47 bits per heavy atom. The normalized spacial score (nSPS) is 9.41. The molecule has 3 heteroatoms. The van der Waals surface area contributed by atoms with E-state index in [0.717, 1.165) is 16.8 Å². The van der Waals surface area contributed by atoms with E-state index in [-0.39, 0.29) is 11.5 Å². The molecule has 0 spiro atoms. The summed E-state index contributed by atoms with van der Waals surface area (Å²) >= 11 is 0. The molecule has 2 nitrogen and oxygen atoms in total. The second kappa shape index (κ2) is 5.99. The van der Waals surface area contributed by atoms with Gasteiger partial charge in [0.2, 0.25) is 0 Å². The van der Waals surface area contributed by atoms with Gasteiger partial charge in [0.15, 0.2) is 0 Å². The lowest BCUT2D eigenvalue weighted by atomic mass is 10.0. The van der Waals surface area contributed by atoms with E-state index >= 15 is 0 Å². The maximum Gasteiger partial charge on any atom is 0.146 e. The second-order valence-corrected chi connectivity index (χ2v) is 3.37. The molecule has 2 N–H and O–H groups in total. The lowest BCUT2D eigenvalue weighted by Gasteiger charge is -2.05. The summed E-state index contributed by atoms with van der Waals surface area (Å²) in [6.07, 6.45) is 1.73. The fourth-order valence-corrected chi connectivity index (χ4v) is 1.50. The Hall–Kier alpha value is -1.90. The first-order valence-electron chi connectivity index (χ1n) is 5.65. The fraction of sp³-hybridized carbons (Fsp3) is 0.214. The van der Waals surface area contributed by atoms with Crippen LogP contribution in [0, 0.1) is 12.7 Å². The lowest BCUT2D eigenvalue weighted by molar-refractivity contribution is 0.632. The van der Waals surface area contributed by atoms with Gasteiger partial charge in [-0.05, 0) is 30.7 Å². The van der Waals surface area contributed by atoms with Gasteiger partial charge in [-0.15, -0.1) is 0 Å². The first kappa shape index (κ1) is 13.2. The van der Waals surface area contributed by atoms with Crippen LogP contribution < -0.4 is 5.73 Å². The quantitative estimate of drug-likeness (QED) is 0.759. The van der Waals surface area contributed by atoms with E-state index in [2.05, 4.69) is 4.98 Å². The monoisotopic (exact) mass is 232 g/mol. The Bertz CT molecular complexity index is 495.